The van der Waals surface area contributed by atoms with Crippen molar-refractivity contribution in [2.24, 2.45) is 0 Å². The second-order valence-electron chi connectivity index (χ2n) is 7.44. The fraction of sp³-hybridized carbons (Fsp3) is 0.364. The van der Waals surface area contributed by atoms with Crippen LogP contribution >= 0.6 is 11.6 Å². The highest BCUT2D eigenvalue weighted by atomic mass is 35.5. The molecule has 2 amide bonds. The topological polar surface area (TPSA) is 55.9 Å². The van der Waals surface area contributed by atoms with Crippen LogP contribution in [0.2, 0.25) is 5.02 Å². The summed E-state index contributed by atoms with van der Waals surface area (Å²) in [5.74, 6) is -0.493. The summed E-state index contributed by atoms with van der Waals surface area (Å²) in [6, 6.07) is 13.9. The maximum atomic E-state index is 14.0. The lowest BCUT2D eigenvalue weighted by atomic mass is 10.2. The van der Waals surface area contributed by atoms with Gasteiger partial charge in [0.15, 0.2) is 0 Å². The largest absolute Gasteiger partial charge is 0.339 e. The first kappa shape index (κ1) is 22.2. The molecule has 0 aromatic heterocycles. The Morgan fingerprint density at radius 3 is 2.40 bits per heavy atom. The van der Waals surface area contributed by atoms with E-state index in [-0.39, 0.29) is 30.7 Å². The van der Waals surface area contributed by atoms with E-state index in [1.54, 1.807) is 29.0 Å². The van der Waals surface area contributed by atoms with Gasteiger partial charge in [-0.3, -0.25) is 19.4 Å². The molecule has 1 N–H and O–H groups in total. The van der Waals surface area contributed by atoms with Gasteiger partial charge in [-0.1, -0.05) is 35.9 Å². The van der Waals surface area contributed by atoms with Crippen LogP contribution in [0.5, 0.6) is 0 Å². The molecule has 0 bridgehead atoms. The van der Waals surface area contributed by atoms with Gasteiger partial charge in [-0.25, -0.2) is 4.39 Å². The lowest BCUT2D eigenvalue weighted by Gasteiger charge is -2.35. The quantitative estimate of drug-likeness (QED) is 0.731. The molecular formula is C22H26ClFN4O2. The molecule has 0 saturated carbocycles. The SMILES string of the molecule is CN(CC(=O)Nc1ccccc1)CC(=O)N1CCN(Cc2c(F)cccc2Cl)CC1. The van der Waals surface area contributed by atoms with Crippen LogP contribution in [0, 0.1) is 5.82 Å². The summed E-state index contributed by atoms with van der Waals surface area (Å²) in [7, 11) is 1.75. The smallest absolute Gasteiger partial charge is 0.238 e. The van der Waals surface area contributed by atoms with E-state index in [0.717, 1.165) is 5.69 Å². The predicted octanol–water partition coefficient (Wildman–Crippen LogP) is 2.69. The van der Waals surface area contributed by atoms with Crippen molar-refractivity contribution in [2.75, 3.05) is 51.6 Å². The van der Waals surface area contributed by atoms with Gasteiger partial charge >= 0.3 is 0 Å². The number of anilines is 1. The van der Waals surface area contributed by atoms with Gasteiger partial charge in [-0.15, -0.1) is 0 Å². The van der Waals surface area contributed by atoms with E-state index in [1.165, 1.54) is 6.07 Å². The maximum Gasteiger partial charge on any atom is 0.238 e. The minimum Gasteiger partial charge on any atom is -0.339 e. The van der Waals surface area contributed by atoms with Crippen LogP contribution in [0.4, 0.5) is 10.1 Å². The molecule has 1 aliphatic heterocycles. The Hall–Kier alpha value is -2.48. The molecule has 2 aromatic carbocycles. The number of hydrogen-bond acceptors (Lipinski definition) is 4. The molecule has 1 aliphatic rings. The molecule has 1 saturated heterocycles. The molecule has 0 unspecified atom stereocenters. The highest BCUT2D eigenvalue weighted by molar-refractivity contribution is 6.31. The number of nitrogens with one attached hydrogen (secondary N) is 1. The summed E-state index contributed by atoms with van der Waals surface area (Å²) in [6.45, 7) is 3.15. The summed E-state index contributed by atoms with van der Waals surface area (Å²) in [5, 5.41) is 3.23. The second-order valence-corrected chi connectivity index (χ2v) is 7.85. The first-order valence-corrected chi connectivity index (χ1v) is 10.3. The molecular weight excluding hydrogens is 407 g/mol. The fourth-order valence-electron chi connectivity index (χ4n) is 3.42. The van der Waals surface area contributed by atoms with Gasteiger partial charge in [0, 0.05) is 49.0 Å². The lowest BCUT2D eigenvalue weighted by Crippen LogP contribution is -2.51. The number of carbonyl (C=O) groups excluding carboxylic acids is 2. The zero-order valence-electron chi connectivity index (χ0n) is 17.0. The van der Waals surface area contributed by atoms with Crippen LogP contribution in [0.1, 0.15) is 5.56 Å². The van der Waals surface area contributed by atoms with Gasteiger partial charge in [-0.2, -0.15) is 0 Å². The Morgan fingerprint density at radius 2 is 1.73 bits per heavy atom. The van der Waals surface area contributed by atoms with E-state index < -0.39 is 0 Å². The van der Waals surface area contributed by atoms with Crippen LogP contribution in [0.25, 0.3) is 0 Å². The van der Waals surface area contributed by atoms with Gasteiger partial charge in [0.1, 0.15) is 5.82 Å². The van der Waals surface area contributed by atoms with Crippen molar-refractivity contribution in [1.82, 2.24) is 14.7 Å². The van der Waals surface area contributed by atoms with Crippen molar-refractivity contribution in [3.63, 3.8) is 0 Å². The van der Waals surface area contributed by atoms with Crippen molar-refractivity contribution in [3.05, 3.63) is 64.9 Å². The molecule has 6 nitrogen and oxygen atoms in total. The third kappa shape index (κ3) is 6.26. The number of hydrogen-bond donors (Lipinski definition) is 1. The number of likely N-dealkylation sites (N-methyl/N-ethyl adjacent to an activating group) is 1. The van der Waals surface area contributed by atoms with Gasteiger partial charge in [0.2, 0.25) is 11.8 Å². The number of piperazine rings is 1. The number of halogens is 2. The average Bonchev–Trinajstić information content (AvgIpc) is 2.72. The molecule has 2 aromatic rings. The van der Waals surface area contributed by atoms with Gasteiger partial charge in [-0.05, 0) is 31.3 Å². The number of nitrogens with zero attached hydrogens (tertiary/aromatic N) is 3. The molecule has 30 heavy (non-hydrogen) atoms. The van der Waals surface area contributed by atoms with Crippen LogP contribution in [-0.4, -0.2) is 72.8 Å². The third-order valence-electron chi connectivity index (χ3n) is 5.04. The minimum atomic E-state index is -0.309. The average molecular weight is 433 g/mol. The highest BCUT2D eigenvalue weighted by Crippen LogP contribution is 2.21. The number of para-hydroxylation sites is 1. The zero-order chi connectivity index (χ0) is 21.5. The molecule has 160 valence electrons. The maximum absolute atomic E-state index is 14.0. The van der Waals surface area contributed by atoms with Gasteiger partial charge in [0.25, 0.3) is 0 Å². The molecule has 1 fully saturated rings. The lowest BCUT2D eigenvalue weighted by molar-refractivity contribution is -0.134. The van der Waals surface area contributed by atoms with E-state index >= 15 is 0 Å². The Kier molecular flexibility index (Phi) is 7.79. The number of rotatable bonds is 7. The Balaban J connectivity index is 1.42. The van der Waals surface area contributed by atoms with Gasteiger partial charge in [0.05, 0.1) is 13.1 Å². The Morgan fingerprint density at radius 1 is 1.03 bits per heavy atom. The van der Waals surface area contributed by atoms with Crippen molar-refractivity contribution in [1.29, 1.82) is 0 Å². The number of amides is 2. The minimum absolute atomic E-state index is 0.0198. The molecule has 0 spiro atoms. The van der Waals surface area contributed by atoms with E-state index in [9.17, 15) is 14.0 Å². The first-order chi connectivity index (χ1) is 14.4. The summed E-state index contributed by atoms with van der Waals surface area (Å²) in [4.78, 5) is 30.3. The highest BCUT2D eigenvalue weighted by Gasteiger charge is 2.23. The van der Waals surface area contributed by atoms with Crippen molar-refractivity contribution >= 4 is 29.1 Å². The normalized spacial score (nSPS) is 14.7. The summed E-state index contributed by atoms with van der Waals surface area (Å²) >= 11 is 6.11. The third-order valence-corrected chi connectivity index (χ3v) is 5.40. The van der Waals surface area contributed by atoms with E-state index in [4.69, 9.17) is 11.6 Å². The van der Waals surface area contributed by atoms with Crippen LogP contribution < -0.4 is 5.32 Å². The van der Waals surface area contributed by atoms with Crippen LogP contribution in [0.15, 0.2) is 48.5 Å². The molecule has 1 heterocycles. The van der Waals surface area contributed by atoms with Crippen LogP contribution in [0.3, 0.4) is 0 Å². The number of benzene rings is 2. The summed E-state index contributed by atoms with van der Waals surface area (Å²) in [5.41, 5.74) is 1.22. The standard InChI is InChI=1S/C22H26ClFN4O2/c1-26(15-21(29)25-17-6-3-2-4-7-17)16-22(30)28-12-10-27(11-13-28)14-18-19(23)8-5-9-20(18)24/h2-9H,10-16H2,1H3,(H,25,29). The molecule has 8 heteroatoms. The molecule has 3 rings (SSSR count). The van der Waals surface area contributed by atoms with E-state index in [2.05, 4.69) is 10.2 Å². The van der Waals surface area contributed by atoms with Gasteiger partial charge < -0.3 is 10.2 Å². The van der Waals surface area contributed by atoms with Crippen molar-refractivity contribution in [2.45, 2.75) is 6.54 Å². The first-order valence-electron chi connectivity index (χ1n) is 9.89. The molecule has 0 atom stereocenters. The summed E-state index contributed by atoms with van der Waals surface area (Å²) < 4.78 is 14.0. The fourth-order valence-corrected chi connectivity index (χ4v) is 3.64. The predicted molar refractivity (Wildman–Crippen MR) is 116 cm³/mol. The Labute approximate surface area is 181 Å². The van der Waals surface area contributed by atoms with E-state index in [1.807, 2.05) is 30.3 Å². The van der Waals surface area contributed by atoms with Crippen molar-refractivity contribution in [3.8, 4) is 0 Å². The van der Waals surface area contributed by atoms with Crippen LogP contribution in [-0.2, 0) is 16.1 Å². The number of carbonyl (C=O) groups is 2. The van der Waals surface area contributed by atoms with Crippen molar-refractivity contribution < 1.29 is 14.0 Å². The Bertz CT molecular complexity index is 852. The second kappa shape index (κ2) is 10.5. The zero-order valence-corrected chi connectivity index (χ0v) is 17.7. The molecule has 0 aliphatic carbocycles. The van der Waals surface area contributed by atoms with E-state index in [0.29, 0.717) is 43.3 Å². The molecule has 0 radical (unpaired) electrons. The monoisotopic (exact) mass is 432 g/mol. The summed E-state index contributed by atoms with van der Waals surface area (Å²) in [6.07, 6.45) is 0.